The summed E-state index contributed by atoms with van der Waals surface area (Å²) in [5.41, 5.74) is 0. The maximum atomic E-state index is 11.8. The minimum atomic E-state index is 0.173. The molecule has 0 bridgehead atoms. The van der Waals surface area contributed by atoms with Crippen LogP contribution in [-0.4, -0.2) is 47.2 Å². The van der Waals surface area contributed by atoms with Gasteiger partial charge in [-0.3, -0.25) is 4.79 Å². The summed E-state index contributed by atoms with van der Waals surface area (Å²) in [6, 6.07) is 1.22. The molecule has 2 N–H and O–H groups in total. The highest BCUT2D eigenvalue weighted by Crippen LogP contribution is 2.33. The van der Waals surface area contributed by atoms with Crippen molar-refractivity contribution in [3.8, 4) is 0 Å². The fourth-order valence-corrected chi connectivity index (χ4v) is 3.05. The van der Waals surface area contributed by atoms with Gasteiger partial charge in [0.1, 0.15) is 0 Å². The number of rotatable bonds is 5. The maximum absolute atomic E-state index is 11.8. The van der Waals surface area contributed by atoms with E-state index in [0.29, 0.717) is 24.7 Å². The lowest BCUT2D eigenvalue weighted by Gasteiger charge is -2.40. The molecule has 0 aromatic rings. The van der Waals surface area contributed by atoms with Gasteiger partial charge in [0, 0.05) is 31.6 Å². The van der Waals surface area contributed by atoms with Gasteiger partial charge in [-0.1, -0.05) is 12.8 Å². The molecule has 1 amide bonds. The third-order valence-electron chi connectivity index (χ3n) is 3.91. The van der Waals surface area contributed by atoms with E-state index in [0.717, 1.165) is 12.8 Å². The van der Waals surface area contributed by atoms with Crippen LogP contribution >= 0.6 is 0 Å². The molecule has 98 valence electrons. The van der Waals surface area contributed by atoms with Crippen molar-refractivity contribution in [1.82, 2.24) is 10.2 Å². The van der Waals surface area contributed by atoms with E-state index in [-0.39, 0.29) is 12.5 Å². The van der Waals surface area contributed by atoms with Gasteiger partial charge in [-0.25, -0.2) is 0 Å². The second-order valence-electron chi connectivity index (χ2n) is 5.29. The molecule has 2 aliphatic carbocycles. The summed E-state index contributed by atoms with van der Waals surface area (Å²) in [4.78, 5) is 13.9. The van der Waals surface area contributed by atoms with Crippen LogP contribution in [0.15, 0.2) is 0 Å². The molecule has 2 rings (SSSR count). The molecule has 0 saturated heterocycles. The molecule has 0 radical (unpaired) electrons. The number of carbonyl (C=O) groups is 1. The fourth-order valence-electron chi connectivity index (χ4n) is 3.05. The summed E-state index contributed by atoms with van der Waals surface area (Å²) in [6.07, 6.45) is 7.03. The Bertz CT molecular complexity index is 266. The van der Waals surface area contributed by atoms with Crippen molar-refractivity contribution in [2.75, 3.05) is 13.2 Å². The van der Waals surface area contributed by atoms with Crippen molar-refractivity contribution in [3.05, 3.63) is 0 Å². The predicted octanol–water partition coefficient (Wildman–Crippen LogP) is 0.890. The molecule has 4 nitrogen and oxygen atoms in total. The van der Waals surface area contributed by atoms with E-state index in [1.165, 1.54) is 25.7 Å². The third kappa shape index (κ3) is 3.19. The first-order valence-electron chi connectivity index (χ1n) is 6.87. The molecule has 2 aliphatic rings. The van der Waals surface area contributed by atoms with Crippen molar-refractivity contribution in [2.45, 2.75) is 63.6 Å². The Balaban J connectivity index is 2.00. The summed E-state index contributed by atoms with van der Waals surface area (Å²) in [7, 11) is 0. The second kappa shape index (κ2) is 5.83. The number of nitrogens with zero attached hydrogens (tertiary/aromatic N) is 1. The molecular weight excluding hydrogens is 216 g/mol. The number of amides is 1. The first-order valence-corrected chi connectivity index (χ1v) is 6.87. The number of aliphatic hydroxyl groups is 1. The Morgan fingerprint density at radius 3 is 2.59 bits per heavy atom. The first-order chi connectivity index (χ1) is 8.24. The molecule has 2 saturated carbocycles. The van der Waals surface area contributed by atoms with Crippen molar-refractivity contribution < 1.29 is 9.90 Å². The second-order valence-corrected chi connectivity index (χ2v) is 5.29. The van der Waals surface area contributed by atoms with Gasteiger partial charge in [-0.2, -0.15) is 0 Å². The smallest absolute Gasteiger partial charge is 0.219 e. The van der Waals surface area contributed by atoms with E-state index in [1.54, 1.807) is 6.92 Å². The summed E-state index contributed by atoms with van der Waals surface area (Å²) >= 11 is 0. The van der Waals surface area contributed by atoms with Crippen molar-refractivity contribution in [1.29, 1.82) is 0 Å². The number of hydrogen-bond donors (Lipinski definition) is 2. The summed E-state index contributed by atoms with van der Waals surface area (Å²) in [6.45, 7) is 2.50. The van der Waals surface area contributed by atoms with Crippen molar-refractivity contribution >= 4 is 5.91 Å². The largest absolute Gasteiger partial charge is 0.395 e. The minimum absolute atomic E-state index is 0.173. The molecule has 0 aliphatic heterocycles. The van der Waals surface area contributed by atoms with E-state index in [4.69, 9.17) is 5.11 Å². The Morgan fingerprint density at radius 2 is 2.00 bits per heavy atom. The van der Waals surface area contributed by atoms with Gasteiger partial charge in [0.05, 0.1) is 6.61 Å². The van der Waals surface area contributed by atoms with Gasteiger partial charge >= 0.3 is 0 Å². The molecule has 2 atom stereocenters. The molecule has 0 aromatic heterocycles. The van der Waals surface area contributed by atoms with E-state index < -0.39 is 0 Å². The maximum Gasteiger partial charge on any atom is 0.219 e. The van der Waals surface area contributed by atoms with E-state index in [2.05, 4.69) is 10.2 Å². The predicted molar refractivity (Wildman–Crippen MR) is 66.7 cm³/mol. The zero-order chi connectivity index (χ0) is 12.3. The molecule has 0 spiro atoms. The normalized spacial score (nSPS) is 29.1. The molecule has 4 heteroatoms. The minimum Gasteiger partial charge on any atom is -0.395 e. The zero-order valence-electron chi connectivity index (χ0n) is 10.7. The van der Waals surface area contributed by atoms with Gasteiger partial charge in [0.15, 0.2) is 0 Å². The quantitative estimate of drug-likeness (QED) is 0.750. The summed E-state index contributed by atoms with van der Waals surface area (Å²) in [5, 5.41) is 12.3. The lowest BCUT2D eigenvalue weighted by Crippen LogP contribution is -2.54. The van der Waals surface area contributed by atoms with Crippen molar-refractivity contribution in [2.24, 2.45) is 0 Å². The van der Waals surface area contributed by atoms with E-state index in [9.17, 15) is 4.79 Å². The van der Waals surface area contributed by atoms with E-state index in [1.807, 2.05) is 0 Å². The van der Waals surface area contributed by atoms with Crippen LogP contribution in [0.4, 0.5) is 0 Å². The van der Waals surface area contributed by atoms with E-state index >= 15 is 0 Å². The fraction of sp³-hybridized carbons (Fsp3) is 0.923. The summed E-state index contributed by atoms with van der Waals surface area (Å²) in [5.74, 6) is 0.218. The highest BCUT2D eigenvalue weighted by atomic mass is 16.3. The molecule has 17 heavy (non-hydrogen) atoms. The third-order valence-corrected chi connectivity index (χ3v) is 3.91. The van der Waals surface area contributed by atoms with Gasteiger partial charge in [0.2, 0.25) is 5.91 Å². The number of hydrogen-bond acceptors (Lipinski definition) is 3. The molecule has 0 aromatic carbocycles. The van der Waals surface area contributed by atoms with Gasteiger partial charge in [-0.15, -0.1) is 0 Å². The standard InChI is InChI=1S/C13H24N2O2/c1-10(17)15(11-6-7-11)13-5-3-2-4-12(13)14-8-9-16/h11-14,16H,2-9H2,1H3. The highest BCUT2D eigenvalue weighted by Gasteiger charge is 2.39. The van der Waals surface area contributed by atoms with Crippen LogP contribution in [0.2, 0.25) is 0 Å². The number of carbonyl (C=O) groups excluding carboxylic acids is 1. The lowest BCUT2D eigenvalue weighted by atomic mass is 9.89. The van der Waals surface area contributed by atoms with Crippen LogP contribution in [0.5, 0.6) is 0 Å². The Labute approximate surface area is 103 Å². The van der Waals surface area contributed by atoms with Crippen molar-refractivity contribution in [3.63, 3.8) is 0 Å². The van der Waals surface area contributed by atoms with Crippen LogP contribution in [0.25, 0.3) is 0 Å². The van der Waals surface area contributed by atoms with Crippen LogP contribution in [0.1, 0.15) is 45.4 Å². The average Bonchev–Trinajstić information content (AvgIpc) is 3.12. The molecule has 2 fully saturated rings. The van der Waals surface area contributed by atoms with Crippen LogP contribution in [0.3, 0.4) is 0 Å². The zero-order valence-corrected chi connectivity index (χ0v) is 10.7. The van der Waals surface area contributed by atoms with Gasteiger partial charge in [0.25, 0.3) is 0 Å². The molecular formula is C13H24N2O2. The molecule has 2 unspecified atom stereocenters. The van der Waals surface area contributed by atoms with Gasteiger partial charge < -0.3 is 15.3 Å². The average molecular weight is 240 g/mol. The first kappa shape index (κ1) is 12.8. The Morgan fingerprint density at radius 1 is 1.29 bits per heavy atom. The topological polar surface area (TPSA) is 52.6 Å². The van der Waals surface area contributed by atoms with Gasteiger partial charge in [-0.05, 0) is 25.7 Å². The number of aliphatic hydroxyl groups excluding tert-OH is 1. The van der Waals surface area contributed by atoms with Crippen LogP contribution in [0, 0.1) is 0 Å². The SMILES string of the molecule is CC(=O)N(C1CC1)C1CCCCC1NCCO. The monoisotopic (exact) mass is 240 g/mol. The van der Waals surface area contributed by atoms with Crippen LogP contribution < -0.4 is 5.32 Å². The Hall–Kier alpha value is -0.610. The lowest BCUT2D eigenvalue weighted by molar-refractivity contribution is -0.133. The molecule has 0 heterocycles. The Kier molecular flexibility index (Phi) is 4.40. The summed E-state index contributed by atoms with van der Waals surface area (Å²) < 4.78 is 0. The van der Waals surface area contributed by atoms with Crippen LogP contribution in [-0.2, 0) is 4.79 Å². The highest BCUT2D eigenvalue weighted by molar-refractivity contribution is 5.74. The number of nitrogens with one attached hydrogen (secondary N) is 1.